The minimum Gasteiger partial charge on any atom is -0.496 e. The van der Waals surface area contributed by atoms with Gasteiger partial charge in [-0.1, -0.05) is 67.2 Å². The van der Waals surface area contributed by atoms with Gasteiger partial charge < -0.3 is 14.6 Å². The van der Waals surface area contributed by atoms with Crippen LogP contribution in [0.5, 0.6) is 5.75 Å². The van der Waals surface area contributed by atoms with Crippen molar-refractivity contribution in [2.24, 2.45) is 0 Å². The van der Waals surface area contributed by atoms with Gasteiger partial charge in [0.05, 0.1) is 25.4 Å². The molecule has 0 fully saturated rings. The van der Waals surface area contributed by atoms with Gasteiger partial charge in [0.25, 0.3) is 0 Å². The van der Waals surface area contributed by atoms with E-state index in [0.717, 1.165) is 28.7 Å². The fourth-order valence-electron chi connectivity index (χ4n) is 3.57. The summed E-state index contributed by atoms with van der Waals surface area (Å²) in [5.74, 6) is 1.89. The molecular formula is C24H31N5O2S. The van der Waals surface area contributed by atoms with Crippen LogP contribution in [0.15, 0.2) is 59.8 Å². The van der Waals surface area contributed by atoms with E-state index in [1.807, 2.05) is 56.6 Å². The van der Waals surface area contributed by atoms with Crippen molar-refractivity contribution >= 4 is 17.7 Å². The summed E-state index contributed by atoms with van der Waals surface area (Å²) in [5, 5.41) is 12.6. The average molecular weight is 454 g/mol. The molecule has 1 N–H and O–H groups in total. The third-order valence-electron chi connectivity index (χ3n) is 5.24. The summed E-state index contributed by atoms with van der Waals surface area (Å²) in [6, 6.07) is 18.1. The number of hydrogen-bond donors (Lipinski definition) is 1. The molecule has 170 valence electrons. The lowest BCUT2D eigenvalue weighted by atomic mass is 10.2. The number of nitrogens with one attached hydrogen (secondary N) is 1. The zero-order chi connectivity index (χ0) is 22.9. The van der Waals surface area contributed by atoms with Crippen LogP contribution < -0.4 is 10.1 Å². The van der Waals surface area contributed by atoms with Gasteiger partial charge in [0.2, 0.25) is 5.91 Å². The number of aromatic nitrogens is 3. The first kappa shape index (κ1) is 23.8. The zero-order valence-electron chi connectivity index (χ0n) is 19.1. The first-order valence-electron chi connectivity index (χ1n) is 10.7. The number of benzene rings is 2. The zero-order valence-corrected chi connectivity index (χ0v) is 19.9. The number of methoxy groups -OCH3 is 1. The van der Waals surface area contributed by atoms with E-state index >= 15 is 0 Å². The summed E-state index contributed by atoms with van der Waals surface area (Å²) in [6.07, 6.45) is 0.921. The molecule has 2 aromatic carbocycles. The molecule has 1 heterocycles. The minimum atomic E-state index is -0.0589. The molecule has 0 saturated carbocycles. The van der Waals surface area contributed by atoms with Crippen molar-refractivity contribution < 1.29 is 9.53 Å². The van der Waals surface area contributed by atoms with E-state index in [2.05, 4.69) is 44.0 Å². The highest BCUT2D eigenvalue weighted by atomic mass is 32.2. The summed E-state index contributed by atoms with van der Waals surface area (Å²) in [6.45, 7) is 3.23. The van der Waals surface area contributed by atoms with Gasteiger partial charge in [-0.2, -0.15) is 0 Å². The summed E-state index contributed by atoms with van der Waals surface area (Å²) in [5.41, 5.74) is 2.12. The van der Waals surface area contributed by atoms with Crippen molar-refractivity contribution in [3.05, 3.63) is 71.5 Å². The van der Waals surface area contributed by atoms with E-state index in [0.29, 0.717) is 13.1 Å². The number of ether oxygens (including phenoxy) is 1. The topological polar surface area (TPSA) is 72.3 Å². The van der Waals surface area contributed by atoms with Crippen LogP contribution in [-0.2, 0) is 17.9 Å². The van der Waals surface area contributed by atoms with Crippen LogP contribution in [-0.4, -0.2) is 52.5 Å². The smallest absolute Gasteiger partial charge is 0.230 e. The van der Waals surface area contributed by atoms with Gasteiger partial charge in [0, 0.05) is 12.1 Å². The molecule has 32 heavy (non-hydrogen) atoms. The highest BCUT2D eigenvalue weighted by Crippen LogP contribution is 2.26. The molecule has 0 aliphatic rings. The molecule has 1 aromatic heterocycles. The van der Waals surface area contributed by atoms with Crippen molar-refractivity contribution in [3.8, 4) is 5.75 Å². The van der Waals surface area contributed by atoms with E-state index in [9.17, 15) is 4.79 Å². The standard InChI is InChI=1S/C24H31N5O2S/c1-5-20(28(2)3)23-26-27-24(29(23)16-18-11-7-6-8-12-18)32-17-22(30)25-15-19-13-9-10-14-21(19)31-4/h6-14,20H,5,15-17H2,1-4H3,(H,25,30). The van der Waals surface area contributed by atoms with Gasteiger partial charge >= 0.3 is 0 Å². The van der Waals surface area contributed by atoms with Gasteiger partial charge in [-0.25, -0.2) is 0 Å². The van der Waals surface area contributed by atoms with Crippen molar-refractivity contribution in [2.45, 2.75) is 37.6 Å². The van der Waals surface area contributed by atoms with E-state index in [-0.39, 0.29) is 17.7 Å². The van der Waals surface area contributed by atoms with Gasteiger partial charge in [0.1, 0.15) is 5.75 Å². The highest BCUT2D eigenvalue weighted by Gasteiger charge is 2.22. The van der Waals surface area contributed by atoms with E-state index in [4.69, 9.17) is 4.74 Å². The molecule has 0 spiro atoms. The van der Waals surface area contributed by atoms with Gasteiger partial charge in [-0.15, -0.1) is 10.2 Å². The van der Waals surface area contributed by atoms with Crippen LogP contribution in [0.2, 0.25) is 0 Å². The molecule has 0 bridgehead atoms. The highest BCUT2D eigenvalue weighted by molar-refractivity contribution is 7.99. The van der Waals surface area contributed by atoms with E-state index < -0.39 is 0 Å². The molecule has 3 aromatic rings. The summed E-state index contributed by atoms with van der Waals surface area (Å²) < 4.78 is 7.48. The number of hydrogen-bond acceptors (Lipinski definition) is 6. The largest absolute Gasteiger partial charge is 0.496 e. The quantitative estimate of drug-likeness (QED) is 0.446. The maximum atomic E-state index is 12.5. The Hall–Kier alpha value is -2.84. The Morgan fingerprint density at radius 1 is 1.12 bits per heavy atom. The Bertz CT molecular complexity index is 1010. The van der Waals surface area contributed by atoms with E-state index in [1.165, 1.54) is 17.3 Å². The van der Waals surface area contributed by atoms with Crippen LogP contribution in [0.1, 0.15) is 36.3 Å². The SMILES string of the molecule is CCC(c1nnc(SCC(=O)NCc2ccccc2OC)n1Cc1ccccc1)N(C)C. The monoisotopic (exact) mass is 453 g/mol. The Morgan fingerprint density at radius 2 is 1.84 bits per heavy atom. The average Bonchev–Trinajstić information content (AvgIpc) is 3.19. The molecule has 0 saturated heterocycles. The van der Waals surface area contributed by atoms with Crippen LogP contribution in [0, 0.1) is 0 Å². The van der Waals surface area contributed by atoms with Crippen molar-refractivity contribution in [1.29, 1.82) is 0 Å². The maximum Gasteiger partial charge on any atom is 0.230 e. The van der Waals surface area contributed by atoms with Gasteiger partial charge in [-0.3, -0.25) is 9.69 Å². The Kier molecular flexibility index (Phi) is 8.70. The van der Waals surface area contributed by atoms with Crippen LogP contribution >= 0.6 is 11.8 Å². The molecule has 0 aliphatic carbocycles. The molecule has 7 nitrogen and oxygen atoms in total. The molecule has 0 radical (unpaired) electrons. The van der Waals surface area contributed by atoms with Crippen molar-refractivity contribution in [1.82, 2.24) is 25.0 Å². The molecule has 0 aliphatic heterocycles. The van der Waals surface area contributed by atoms with Crippen molar-refractivity contribution in [3.63, 3.8) is 0 Å². The molecule has 1 amide bonds. The second-order valence-corrected chi connectivity index (χ2v) is 8.62. The Labute approximate surface area is 194 Å². The minimum absolute atomic E-state index is 0.0589. The summed E-state index contributed by atoms with van der Waals surface area (Å²) in [4.78, 5) is 14.7. The van der Waals surface area contributed by atoms with Crippen LogP contribution in [0.3, 0.4) is 0 Å². The second kappa shape index (κ2) is 11.7. The predicted octanol–water partition coefficient (Wildman–Crippen LogP) is 3.76. The fourth-order valence-corrected chi connectivity index (χ4v) is 4.35. The third-order valence-corrected chi connectivity index (χ3v) is 6.20. The molecular weight excluding hydrogens is 422 g/mol. The number of para-hydroxylation sites is 1. The van der Waals surface area contributed by atoms with Crippen LogP contribution in [0.25, 0.3) is 0 Å². The number of carbonyl (C=O) groups excluding carboxylic acids is 1. The lowest BCUT2D eigenvalue weighted by Gasteiger charge is -2.23. The number of thioether (sulfide) groups is 1. The third kappa shape index (κ3) is 6.11. The lowest BCUT2D eigenvalue weighted by molar-refractivity contribution is -0.118. The van der Waals surface area contributed by atoms with Gasteiger partial charge in [0.15, 0.2) is 11.0 Å². The van der Waals surface area contributed by atoms with E-state index in [1.54, 1.807) is 7.11 Å². The fraction of sp³-hybridized carbons (Fsp3) is 0.375. The summed E-state index contributed by atoms with van der Waals surface area (Å²) in [7, 11) is 5.73. The first-order chi connectivity index (χ1) is 15.5. The number of nitrogens with zero attached hydrogens (tertiary/aromatic N) is 4. The lowest BCUT2D eigenvalue weighted by Crippen LogP contribution is -2.25. The first-order valence-corrected chi connectivity index (χ1v) is 11.7. The Morgan fingerprint density at radius 3 is 2.53 bits per heavy atom. The Balaban J connectivity index is 1.71. The second-order valence-electron chi connectivity index (χ2n) is 7.68. The molecule has 1 unspecified atom stereocenters. The maximum absolute atomic E-state index is 12.5. The van der Waals surface area contributed by atoms with Gasteiger partial charge in [-0.05, 0) is 32.1 Å². The predicted molar refractivity (Wildman–Crippen MR) is 128 cm³/mol. The number of carbonyl (C=O) groups is 1. The van der Waals surface area contributed by atoms with Crippen LogP contribution in [0.4, 0.5) is 0 Å². The summed E-state index contributed by atoms with van der Waals surface area (Å²) >= 11 is 1.41. The molecule has 1 atom stereocenters. The number of rotatable bonds is 11. The molecule has 8 heteroatoms. The molecule has 3 rings (SSSR count). The number of amides is 1. The van der Waals surface area contributed by atoms with Crippen molar-refractivity contribution in [2.75, 3.05) is 27.0 Å². The normalized spacial score (nSPS) is 12.0.